The van der Waals surface area contributed by atoms with Crippen LogP contribution in [0.2, 0.25) is 0 Å². The van der Waals surface area contributed by atoms with E-state index in [0.29, 0.717) is 19.4 Å². The van der Waals surface area contributed by atoms with E-state index >= 15 is 0 Å². The van der Waals surface area contributed by atoms with Crippen molar-refractivity contribution >= 4 is 59.8 Å². The first-order chi connectivity index (χ1) is 31.1. The minimum atomic E-state index is -1.11. The number of hydrogen-bond acceptors (Lipinski definition) is 19. The van der Waals surface area contributed by atoms with E-state index in [0.717, 1.165) is 26.5 Å². The summed E-state index contributed by atoms with van der Waals surface area (Å²) in [6, 6.07) is -2.73. The number of nitrogens with zero attached hydrogens (tertiary/aromatic N) is 1. The Hall–Kier alpha value is -6.25. The number of ether oxygens (including phenoxy) is 8. The van der Waals surface area contributed by atoms with E-state index in [4.69, 9.17) is 21.8 Å². The highest BCUT2D eigenvalue weighted by atomic mass is 16.6. The van der Waals surface area contributed by atoms with Crippen LogP contribution in [0.1, 0.15) is 93.4 Å². The summed E-state index contributed by atoms with van der Waals surface area (Å²) >= 11 is 0. The molecule has 0 radical (unpaired) electrons. The molecule has 6 N–H and O–H groups in total. The number of carbonyl (C=O) groups is 10. The number of nitrogens with one attached hydrogen (secondary N) is 4. The second-order valence-electron chi connectivity index (χ2n) is 16.9. The lowest BCUT2D eigenvalue weighted by Gasteiger charge is -2.23. The van der Waals surface area contributed by atoms with E-state index in [-0.39, 0.29) is 61.3 Å². The summed E-state index contributed by atoms with van der Waals surface area (Å²) in [6.07, 6.45) is 0.967. The SMILES string of the molecule is COC(=O)CC[C@H](NC(=O)OC(C)(C)C)C(=O)OC.COC(=O)[C@@H](C)C[C@@H]1CCNC1=O.COC(=O)[C@@H](N)C[C@@H]1CCNC1=O.[C-]#[N+]C[C@@H](C[C@H](NC(=O)OC(C)(C)C)C(=O)OC)C(=O)OC. The molecule has 4 amide bonds. The molecule has 24 heteroatoms. The zero-order valence-electron chi connectivity index (χ0n) is 41.0. The number of amides is 4. The normalized spacial score (nSPS) is 17.1. The molecule has 382 valence electrons. The third-order valence-electron chi connectivity index (χ3n) is 9.19. The average molecular weight is 961 g/mol. The van der Waals surface area contributed by atoms with Crippen molar-refractivity contribution < 1.29 is 85.8 Å². The van der Waals surface area contributed by atoms with Gasteiger partial charge in [-0.1, -0.05) is 6.92 Å². The van der Waals surface area contributed by atoms with Crippen LogP contribution in [-0.4, -0.2) is 151 Å². The van der Waals surface area contributed by atoms with Gasteiger partial charge in [0.1, 0.15) is 35.2 Å². The molecule has 24 nitrogen and oxygen atoms in total. The van der Waals surface area contributed by atoms with Crippen LogP contribution in [0.15, 0.2) is 0 Å². The van der Waals surface area contributed by atoms with Crippen LogP contribution in [0.3, 0.4) is 0 Å². The van der Waals surface area contributed by atoms with Crippen molar-refractivity contribution in [3.05, 3.63) is 11.4 Å². The van der Waals surface area contributed by atoms with Crippen LogP contribution < -0.4 is 27.0 Å². The molecule has 67 heavy (non-hydrogen) atoms. The summed E-state index contributed by atoms with van der Waals surface area (Å²) in [5.41, 5.74) is 4.11. The third kappa shape index (κ3) is 28.4. The second-order valence-corrected chi connectivity index (χ2v) is 16.9. The first kappa shape index (κ1) is 62.8. The largest absolute Gasteiger partial charge is 0.469 e. The van der Waals surface area contributed by atoms with Gasteiger partial charge >= 0.3 is 48.0 Å². The summed E-state index contributed by atoms with van der Waals surface area (Å²) in [5, 5.41) is 10.1. The maximum atomic E-state index is 11.8. The molecule has 0 aliphatic carbocycles. The smallest absolute Gasteiger partial charge is 0.408 e. The zero-order chi connectivity index (χ0) is 52.1. The van der Waals surface area contributed by atoms with Gasteiger partial charge in [0.25, 0.3) is 0 Å². The van der Waals surface area contributed by atoms with Crippen LogP contribution >= 0.6 is 0 Å². The maximum absolute atomic E-state index is 11.8. The van der Waals surface area contributed by atoms with Crippen LogP contribution in [0.25, 0.3) is 4.85 Å². The van der Waals surface area contributed by atoms with Gasteiger partial charge in [-0.25, -0.2) is 25.8 Å². The molecule has 0 aromatic carbocycles. The van der Waals surface area contributed by atoms with Crippen molar-refractivity contribution in [2.45, 2.75) is 123 Å². The van der Waals surface area contributed by atoms with Gasteiger partial charge in [0, 0.05) is 31.3 Å². The second kappa shape index (κ2) is 32.4. The molecule has 2 saturated heterocycles. The Balaban J connectivity index is 0. The van der Waals surface area contributed by atoms with E-state index in [1.807, 2.05) is 0 Å². The topological polar surface area (TPSA) is 323 Å². The molecule has 0 aromatic rings. The van der Waals surface area contributed by atoms with Crippen molar-refractivity contribution in [2.75, 3.05) is 62.3 Å². The van der Waals surface area contributed by atoms with Crippen LogP contribution in [-0.2, 0) is 76.3 Å². The van der Waals surface area contributed by atoms with E-state index < -0.39 is 77.3 Å². The van der Waals surface area contributed by atoms with Crippen molar-refractivity contribution in [1.82, 2.24) is 21.3 Å². The lowest BCUT2D eigenvalue weighted by Crippen LogP contribution is -2.46. The van der Waals surface area contributed by atoms with E-state index in [2.05, 4.69) is 54.5 Å². The summed E-state index contributed by atoms with van der Waals surface area (Å²) in [5.74, 6) is -4.28. The highest BCUT2D eigenvalue weighted by molar-refractivity contribution is 5.84. The lowest BCUT2D eigenvalue weighted by atomic mass is 9.95. The Morgan fingerprint density at radius 1 is 0.657 bits per heavy atom. The number of alkyl carbamates (subject to hydrolysis) is 2. The van der Waals surface area contributed by atoms with Gasteiger partial charge in [0.2, 0.25) is 18.4 Å². The molecule has 0 aromatic heterocycles. The summed E-state index contributed by atoms with van der Waals surface area (Å²) in [7, 11) is 7.45. The van der Waals surface area contributed by atoms with E-state index in [1.54, 1.807) is 48.5 Å². The lowest BCUT2D eigenvalue weighted by molar-refractivity contribution is -0.148. The molecule has 0 spiro atoms. The first-order valence-corrected chi connectivity index (χ1v) is 21.2. The quantitative estimate of drug-likeness (QED) is 0.0783. The number of carbonyl (C=O) groups excluding carboxylic acids is 10. The predicted octanol–water partition coefficient (Wildman–Crippen LogP) is 1.49. The van der Waals surface area contributed by atoms with Gasteiger partial charge in [-0.3, -0.25) is 28.8 Å². The molecule has 7 atom stereocenters. The van der Waals surface area contributed by atoms with E-state index in [1.165, 1.54) is 35.5 Å². The molecule has 0 saturated carbocycles. The summed E-state index contributed by atoms with van der Waals surface area (Å²) in [6.45, 7) is 20.0. The molecule has 2 heterocycles. The molecule has 0 unspecified atom stereocenters. The fraction of sp³-hybridized carbons (Fsp3) is 0.744. The van der Waals surface area contributed by atoms with Crippen molar-refractivity contribution in [2.24, 2.45) is 29.4 Å². The predicted molar refractivity (Wildman–Crippen MR) is 236 cm³/mol. The van der Waals surface area contributed by atoms with E-state index in [9.17, 15) is 47.9 Å². The number of esters is 6. The fourth-order valence-electron chi connectivity index (χ4n) is 5.84. The minimum Gasteiger partial charge on any atom is -0.469 e. The molecule has 2 rings (SSSR count). The Labute approximate surface area is 392 Å². The van der Waals surface area contributed by atoms with Crippen molar-refractivity contribution in [3.8, 4) is 0 Å². The number of hydrogen-bond donors (Lipinski definition) is 5. The molecular formula is C43H72N6O18. The average Bonchev–Trinajstić information content (AvgIpc) is 3.87. The highest BCUT2D eigenvalue weighted by Crippen LogP contribution is 2.20. The van der Waals surface area contributed by atoms with Crippen molar-refractivity contribution in [3.63, 3.8) is 0 Å². The molecule has 2 fully saturated rings. The Morgan fingerprint density at radius 3 is 1.45 bits per heavy atom. The number of methoxy groups -OCH3 is 6. The minimum absolute atomic E-state index is 0.00546. The molecule has 0 bridgehead atoms. The molecule has 2 aliphatic rings. The number of nitrogens with two attached hydrogens (primary N) is 1. The first-order valence-electron chi connectivity index (χ1n) is 21.2. The van der Waals surface area contributed by atoms with Gasteiger partial charge in [0.15, 0.2) is 0 Å². The Morgan fingerprint density at radius 2 is 1.07 bits per heavy atom. The zero-order valence-corrected chi connectivity index (χ0v) is 41.0. The maximum Gasteiger partial charge on any atom is 0.408 e. The van der Waals surface area contributed by atoms with Crippen LogP contribution in [0, 0.1) is 30.2 Å². The van der Waals surface area contributed by atoms with Gasteiger partial charge < -0.3 is 69.7 Å². The van der Waals surface area contributed by atoms with Crippen LogP contribution in [0.4, 0.5) is 9.59 Å². The van der Waals surface area contributed by atoms with Gasteiger partial charge in [0.05, 0.1) is 48.6 Å². The van der Waals surface area contributed by atoms with Gasteiger partial charge in [-0.05, 0) is 80.1 Å². The van der Waals surface area contributed by atoms with Gasteiger partial charge in [-0.2, -0.15) is 0 Å². The Kier molecular flexibility index (Phi) is 30.4. The number of rotatable bonds is 17. The fourth-order valence-corrected chi connectivity index (χ4v) is 5.84. The van der Waals surface area contributed by atoms with Gasteiger partial charge in [-0.15, -0.1) is 0 Å². The summed E-state index contributed by atoms with van der Waals surface area (Å²) < 4.78 is 37.3. The standard InChI is InChI=1S/C14H22N2O6.C12H21NO6.C9H15NO3.C8H14N2O3/c1-14(2,3)22-13(19)16-10(12(18)21-6)7-9(8-15-4)11(17)20-5;1-12(2,3)19-11(16)13-8(10(15)18-5)6-7-9(14)17-4;1-6(9(12)13-2)5-7-3-4-10-8(7)11;1-13-8(12)6(9)4-5-2-3-10-7(5)11/h9-10H,7-8H2,1-3,5-6H3,(H,16,19);8H,6-7H2,1-5H3,(H,13,16);6-7H,3-5H2,1-2H3,(H,10,11);5-6H,2-4,9H2,1H3,(H,10,11)/t9-,10+;8-;6-,7-;5-,6-/m1000/s1. The third-order valence-corrected chi connectivity index (χ3v) is 9.19. The van der Waals surface area contributed by atoms with Crippen molar-refractivity contribution in [1.29, 1.82) is 0 Å². The highest BCUT2D eigenvalue weighted by Gasteiger charge is 2.34. The summed E-state index contributed by atoms with van der Waals surface area (Å²) in [4.78, 5) is 117. The molecule has 2 aliphatic heterocycles. The Bertz CT molecular complexity index is 1640. The molecular weight excluding hydrogens is 888 g/mol. The van der Waals surface area contributed by atoms with Crippen LogP contribution in [0.5, 0.6) is 0 Å². The monoisotopic (exact) mass is 960 g/mol.